The Balaban J connectivity index is 1.88. The van der Waals surface area contributed by atoms with Gasteiger partial charge in [0.05, 0.1) is 6.04 Å². The number of nitrogens with zero attached hydrogens (tertiary/aromatic N) is 1. The van der Waals surface area contributed by atoms with Crippen LogP contribution in [0.3, 0.4) is 0 Å². The molecule has 0 bridgehead atoms. The molecule has 2 N–H and O–H groups in total. The number of imide groups is 1. The minimum atomic E-state index is -0.319. The van der Waals surface area contributed by atoms with Gasteiger partial charge >= 0.3 is 0 Å². The van der Waals surface area contributed by atoms with E-state index in [1.54, 1.807) is 6.07 Å². The van der Waals surface area contributed by atoms with Crippen molar-refractivity contribution in [2.45, 2.75) is 25.4 Å². The van der Waals surface area contributed by atoms with E-state index in [0.717, 1.165) is 4.88 Å². The quantitative estimate of drug-likeness (QED) is 0.765. The minimum Gasteiger partial charge on any atom is -0.301 e. The number of hydrogen-bond donors (Lipinski definition) is 2. The van der Waals surface area contributed by atoms with E-state index < -0.39 is 0 Å². The van der Waals surface area contributed by atoms with Crippen molar-refractivity contribution in [2.75, 3.05) is 0 Å². The standard InChI is InChI=1S/C11H11N3O2S/c12-5-7-1-2-8(17-7)6-13-9-3-4-10(15)14-11(9)16/h1-2,9,13H,3-4,6H2,(H,14,15,16). The normalized spacial score (nSPS) is 19.8. The first-order valence-corrected chi connectivity index (χ1v) is 6.06. The molecule has 2 heterocycles. The fraction of sp³-hybridized carbons (Fsp3) is 0.364. The Bertz CT molecular complexity index is 489. The molecule has 0 radical (unpaired) electrons. The Hall–Kier alpha value is -1.71. The molecule has 1 unspecified atom stereocenters. The Kier molecular flexibility index (Phi) is 3.52. The molecule has 0 aromatic carbocycles. The molecule has 17 heavy (non-hydrogen) atoms. The van der Waals surface area contributed by atoms with Crippen LogP contribution in [-0.2, 0) is 16.1 Å². The Morgan fingerprint density at radius 2 is 2.35 bits per heavy atom. The summed E-state index contributed by atoms with van der Waals surface area (Å²) in [5, 5.41) is 14.1. The first kappa shape index (κ1) is 11.8. The van der Waals surface area contributed by atoms with Crippen LogP contribution in [0.15, 0.2) is 12.1 Å². The summed E-state index contributed by atoms with van der Waals surface area (Å²) < 4.78 is 0. The minimum absolute atomic E-state index is 0.212. The lowest BCUT2D eigenvalue weighted by Crippen LogP contribution is -2.50. The number of rotatable bonds is 3. The number of amides is 2. The first-order chi connectivity index (χ1) is 8.19. The van der Waals surface area contributed by atoms with E-state index >= 15 is 0 Å². The van der Waals surface area contributed by atoms with Gasteiger partial charge in [0, 0.05) is 17.8 Å². The highest BCUT2D eigenvalue weighted by Gasteiger charge is 2.25. The maximum Gasteiger partial charge on any atom is 0.243 e. The summed E-state index contributed by atoms with van der Waals surface area (Å²) >= 11 is 1.40. The van der Waals surface area contributed by atoms with E-state index in [0.29, 0.717) is 24.3 Å². The lowest BCUT2D eigenvalue weighted by molar-refractivity contribution is -0.134. The van der Waals surface area contributed by atoms with Gasteiger partial charge in [0.1, 0.15) is 10.9 Å². The van der Waals surface area contributed by atoms with Crippen LogP contribution >= 0.6 is 11.3 Å². The lowest BCUT2D eigenvalue weighted by Gasteiger charge is -2.21. The van der Waals surface area contributed by atoms with Crippen LogP contribution in [0.4, 0.5) is 0 Å². The number of carbonyl (C=O) groups is 2. The van der Waals surface area contributed by atoms with Gasteiger partial charge in [0.2, 0.25) is 11.8 Å². The molecule has 1 aliphatic rings. The van der Waals surface area contributed by atoms with Gasteiger partial charge in [-0.15, -0.1) is 11.3 Å². The summed E-state index contributed by atoms with van der Waals surface area (Å²) in [4.78, 5) is 24.0. The largest absolute Gasteiger partial charge is 0.301 e. The van der Waals surface area contributed by atoms with Crippen LogP contribution < -0.4 is 10.6 Å². The number of carbonyl (C=O) groups excluding carboxylic acids is 2. The summed E-state index contributed by atoms with van der Waals surface area (Å²) in [6, 6.07) is 5.37. The third kappa shape index (κ3) is 2.90. The molecule has 1 aliphatic heterocycles. The maximum atomic E-state index is 11.4. The summed E-state index contributed by atoms with van der Waals surface area (Å²) in [5.74, 6) is -0.478. The highest BCUT2D eigenvalue weighted by molar-refractivity contribution is 7.12. The zero-order valence-corrected chi connectivity index (χ0v) is 9.84. The van der Waals surface area contributed by atoms with Crippen molar-refractivity contribution in [1.82, 2.24) is 10.6 Å². The first-order valence-electron chi connectivity index (χ1n) is 5.25. The van der Waals surface area contributed by atoms with Crippen molar-refractivity contribution in [2.24, 2.45) is 0 Å². The number of thiophene rings is 1. The zero-order valence-electron chi connectivity index (χ0n) is 9.03. The Labute approximate surface area is 102 Å². The van der Waals surface area contributed by atoms with Crippen molar-refractivity contribution in [1.29, 1.82) is 5.26 Å². The average Bonchev–Trinajstić information content (AvgIpc) is 2.76. The predicted octanol–water partition coefficient (Wildman–Crippen LogP) is 0.515. The van der Waals surface area contributed by atoms with Gasteiger partial charge in [0.15, 0.2) is 0 Å². The van der Waals surface area contributed by atoms with Crippen molar-refractivity contribution < 1.29 is 9.59 Å². The fourth-order valence-corrected chi connectivity index (χ4v) is 2.40. The number of nitriles is 1. The van der Waals surface area contributed by atoms with Gasteiger partial charge in [-0.1, -0.05) is 0 Å². The molecule has 1 fully saturated rings. The van der Waals surface area contributed by atoms with Gasteiger partial charge in [0.25, 0.3) is 0 Å². The van der Waals surface area contributed by atoms with Gasteiger partial charge in [-0.3, -0.25) is 14.9 Å². The average molecular weight is 249 g/mol. The highest BCUT2D eigenvalue weighted by Crippen LogP contribution is 2.15. The van der Waals surface area contributed by atoms with Crippen LogP contribution in [0.25, 0.3) is 0 Å². The SMILES string of the molecule is N#Cc1ccc(CNC2CCC(=O)NC2=O)s1. The Morgan fingerprint density at radius 3 is 3.00 bits per heavy atom. The van der Waals surface area contributed by atoms with E-state index in [9.17, 15) is 9.59 Å². The number of hydrogen-bond acceptors (Lipinski definition) is 5. The maximum absolute atomic E-state index is 11.4. The molecule has 1 aromatic heterocycles. The topological polar surface area (TPSA) is 82.0 Å². The second-order valence-corrected chi connectivity index (χ2v) is 4.93. The molecular weight excluding hydrogens is 238 g/mol. The molecule has 0 aliphatic carbocycles. The molecule has 1 saturated heterocycles. The summed E-state index contributed by atoms with van der Waals surface area (Å²) in [6.45, 7) is 0.540. The van der Waals surface area contributed by atoms with Crippen LogP contribution in [0.5, 0.6) is 0 Å². The summed E-state index contributed by atoms with van der Waals surface area (Å²) in [6.07, 6.45) is 0.901. The van der Waals surface area contributed by atoms with Gasteiger partial charge in [-0.05, 0) is 18.6 Å². The van der Waals surface area contributed by atoms with Crippen LogP contribution in [-0.4, -0.2) is 17.9 Å². The third-order valence-electron chi connectivity index (χ3n) is 2.53. The van der Waals surface area contributed by atoms with Crippen molar-refractivity contribution in [3.8, 4) is 6.07 Å². The second kappa shape index (κ2) is 5.08. The molecule has 6 heteroatoms. The van der Waals surface area contributed by atoms with E-state index in [-0.39, 0.29) is 17.9 Å². The molecule has 0 spiro atoms. The van der Waals surface area contributed by atoms with E-state index in [4.69, 9.17) is 5.26 Å². The van der Waals surface area contributed by atoms with Crippen molar-refractivity contribution in [3.05, 3.63) is 21.9 Å². The summed E-state index contributed by atoms with van der Waals surface area (Å²) in [7, 11) is 0. The molecule has 1 aromatic rings. The monoisotopic (exact) mass is 249 g/mol. The molecular formula is C11H11N3O2S. The predicted molar refractivity (Wildman–Crippen MR) is 62.0 cm³/mol. The van der Waals surface area contributed by atoms with E-state index in [1.165, 1.54) is 11.3 Å². The fourth-order valence-electron chi connectivity index (χ4n) is 1.65. The smallest absolute Gasteiger partial charge is 0.243 e. The van der Waals surface area contributed by atoms with Crippen LogP contribution in [0.1, 0.15) is 22.6 Å². The molecule has 88 valence electrons. The number of nitrogens with one attached hydrogen (secondary N) is 2. The second-order valence-electron chi connectivity index (χ2n) is 3.76. The van der Waals surface area contributed by atoms with Crippen molar-refractivity contribution >= 4 is 23.2 Å². The van der Waals surface area contributed by atoms with Crippen molar-refractivity contribution in [3.63, 3.8) is 0 Å². The lowest BCUT2D eigenvalue weighted by atomic mass is 10.1. The van der Waals surface area contributed by atoms with Gasteiger partial charge in [-0.2, -0.15) is 5.26 Å². The van der Waals surface area contributed by atoms with Gasteiger partial charge in [-0.25, -0.2) is 0 Å². The molecule has 1 atom stereocenters. The highest BCUT2D eigenvalue weighted by atomic mass is 32.1. The summed E-state index contributed by atoms with van der Waals surface area (Å²) in [5.41, 5.74) is 0. The molecule has 0 saturated carbocycles. The molecule has 2 rings (SSSR count). The number of piperidine rings is 1. The van der Waals surface area contributed by atoms with E-state index in [2.05, 4.69) is 16.7 Å². The van der Waals surface area contributed by atoms with Crippen LogP contribution in [0.2, 0.25) is 0 Å². The third-order valence-corrected chi connectivity index (χ3v) is 3.52. The molecule has 5 nitrogen and oxygen atoms in total. The zero-order chi connectivity index (χ0) is 12.3. The van der Waals surface area contributed by atoms with Crippen LogP contribution in [0, 0.1) is 11.3 Å². The van der Waals surface area contributed by atoms with Gasteiger partial charge < -0.3 is 5.32 Å². The Morgan fingerprint density at radius 1 is 1.53 bits per heavy atom. The molecule has 2 amide bonds. The van der Waals surface area contributed by atoms with E-state index in [1.807, 2.05) is 6.07 Å².